The van der Waals surface area contributed by atoms with Crippen LogP contribution in [0.3, 0.4) is 0 Å². The molecule has 0 fully saturated rings. The minimum absolute atomic E-state index is 0.238. The summed E-state index contributed by atoms with van der Waals surface area (Å²) >= 11 is 6.81. The topological polar surface area (TPSA) is 84.2 Å². The van der Waals surface area contributed by atoms with Crippen LogP contribution in [0.5, 0.6) is 0 Å². The quantitative estimate of drug-likeness (QED) is 0.380. The van der Waals surface area contributed by atoms with E-state index in [0.29, 0.717) is 5.56 Å². The summed E-state index contributed by atoms with van der Waals surface area (Å²) in [6.45, 7) is 2.03. The van der Waals surface area contributed by atoms with Crippen molar-refractivity contribution < 1.29 is 4.79 Å². The molecule has 2 N–H and O–H groups in total. The Morgan fingerprint density at radius 2 is 1.81 bits per heavy atom. The summed E-state index contributed by atoms with van der Waals surface area (Å²) < 4.78 is 1.78. The first-order valence-corrected chi connectivity index (χ1v) is 11.3. The number of hydrogen-bond donors (Lipinski definition) is 2. The molecule has 0 bridgehead atoms. The van der Waals surface area contributed by atoms with Crippen molar-refractivity contribution in [1.82, 2.24) is 25.1 Å². The normalized spacial score (nSPS) is 11.0. The van der Waals surface area contributed by atoms with Crippen LogP contribution in [0.4, 0.5) is 5.69 Å². The monoisotopic (exact) mass is 458 g/mol. The van der Waals surface area contributed by atoms with Crippen molar-refractivity contribution in [2.45, 2.75) is 13.3 Å². The van der Waals surface area contributed by atoms with Crippen molar-refractivity contribution in [2.24, 2.45) is 0 Å². The van der Waals surface area contributed by atoms with E-state index in [1.54, 1.807) is 10.6 Å². The van der Waals surface area contributed by atoms with Gasteiger partial charge in [-0.05, 0) is 59.4 Å². The number of anilines is 1. The highest BCUT2D eigenvalue weighted by Crippen LogP contribution is 2.26. The Morgan fingerprint density at radius 1 is 1.03 bits per heavy atom. The summed E-state index contributed by atoms with van der Waals surface area (Å²) in [5.74, 6) is 0.588. The van der Waals surface area contributed by atoms with E-state index >= 15 is 0 Å². The number of hydrogen-bond acceptors (Lipinski definition) is 6. The number of carbonyl (C=O) groups excluding carboxylic acids is 1. The molecule has 3 aromatic carbocycles. The van der Waals surface area contributed by atoms with Gasteiger partial charge in [0.1, 0.15) is 5.01 Å². The molecule has 5 rings (SSSR count). The summed E-state index contributed by atoms with van der Waals surface area (Å²) in [5, 5.41) is 21.9. The van der Waals surface area contributed by atoms with Crippen LogP contribution < -0.4 is 10.6 Å². The van der Waals surface area contributed by atoms with Gasteiger partial charge in [-0.3, -0.25) is 10.1 Å². The number of amides is 1. The van der Waals surface area contributed by atoms with Gasteiger partial charge < -0.3 is 5.32 Å². The third-order valence-corrected chi connectivity index (χ3v) is 6.15. The lowest BCUT2D eigenvalue weighted by Gasteiger charge is -2.10. The molecule has 0 aliphatic heterocycles. The number of rotatable bonds is 4. The molecule has 2 aromatic heterocycles. The largest absolute Gasteiger partial charge is 0.332 e. The lowest BCUT2D eigenvalue weighted by Crippen LogP contribution is -2.34. The molecule has 2 heterocycles. The van der Waals surface area contributed by atoms with Gasteiger partial charge in [-0.2, -0.15) is 9.61 Å². The maximum Gasteiger partial charge on any atom is 0.257 e. The number of thiocarbonyl (C=S) groups is 1. The maximum absolute atomic E-state index is 12.6. The lowest BCUT2D eigenvalue weighted by atomic mass is 10.1. The van der Waals surface area contributed by atoms with Gasteiger partial charge in [0.25, 0.3) is 5.91 Å². The van der Waals surface area contributed by atoms with E-state index in [-0.39, 0.29) is 11.0 Å². The van der Waals surface area contributed by atoms with Gasteiger partial charge in [-0.15, -0.1) is 10.2 Å². The minimum Gasteiger partial charge on any atom is -0.332 e. The van der Waals surface area contributed by atoms with E-state index in [1.807, 2.05) is 67.6 Å². The molecule has 158 valence electrons. The number of fused-ring (bicyclic) bond motifs is 2. The molecule has 32 heavy (non-hydrogen) atoms. The predicted molar refractivity (Wildman–Crippen MR) is 131 cm³/mol. The number of aryl methyl sites for hydroxylation is 1. The highest BCUT2D eigenvalue weighted by atomic mass is 32.1. The Morgan fingerprint density at radius 3 is 2.59 bits per heavy atom. The fourth-order valence-electron chi connectivity index (χ4n) is 3.36. The molecule has 0 saturated carbocycles. The fourth-order valence-corrected chi connectivity index (χ4v) is 4.43. The van der Waals surface area contributed by atoms with Gasteiger partial charge in [-0.25, -0.2) is 0 Å². The second-order valence-electron chi connectivity index (χ2n) is 7.12. The second kappa shape index (κ2) is 8.45. The Balaban J connectivity index is 1.25. The number of nitrogens with one attached hydrogen (secondary N) is 2. The predicted octanol–water partition coefficient (Wildman–Crippen LogP) is 4.70. The standard InChI is InChI=1S/C23H18N6OS2/c1-2-19-26-27-23-29(19)28-21(32-23)15-9-11-18(12-10-15)24-22(31)25-20(30)17-8-7-14-5-3-4-6-16(14)13-17/h3-13H,2H2,1H3,(H2,24,25,30,31). The Bertz CT molecular complexity index is 1450. The summed E-state index contributed by atoms with van der Waals surface area (Å²) in [6.07, 6.45) is 0.773. The highest BCUT2D eigenvalue weighted by molar-refractivity contribution is 7.80. The molecule has 1 amide bonds. The molecule has 0 saturated heterocycles. The van der Waals surface area contributed by atoms with Crippen LogP contribution in [0.25, 0.3) is 26.3 Å². The third-order valence-electron chi connectivity index (χ3n) is 5.00. The van der Waals surface area contributed by atoms with E-state index in [1.165, 1.54) is 11.3 Å². The van der Waals surface area contributed by atoms with Crippen LogP contribution in [0.2, 0.25) is 0 Å². The summed E-state index contributed by atoms with van der Waals surface area (Å²) in [7, 11) is 0. The van der Waals surface area contributed by atoms with Crippen LogP contribution in [-0.2, 0) is 6.42 Å². The van der Waals surface area contributed by atoms with Crippen molar-refractivity contribution >= 4 is 56.0 Å². The van der Waals surface area contributed by atoms with Gasteiger partial charge in [0.05, 0.1) is 0 Å². The van der Waals surface area contributed by atoms with Gasteiger partial charge >= 0.3 is 0 Å². The second-order valence-corrected chi connectivity index (χ2v) is 8.48. The Labute approximate surface area is 193 Å². The zero-order valence-electron chi connectivity index (χ0n) is 17.1. The zero-order chi connectivity index (χ0) is 22.1. The molecule has 0 unspecified atom stereocenters. The smallest absolute Gasteiger partial charge is 0.257 e. The summed E-state index contributed by atoms with van der Waals surface area (Å²) in [6, 6.07) is 21.2. The first-order chi connectivity index (χ1) is 15.6. The number of aromatic nitrogens is 4. The first kappa shape index (κ1) is 20.2. The number of carbonyl (C=O) groups is 1. The van der Waals surface area contributed by atoms with Gasteiger partial charge in [0.15, 0.2) is 10.9 Å². The molecular weight excluding hydrogens is 440 g/mol. The lowest BCUT2D eigenvalue weighted by molar-refractivity contribution is 0.0978. The first-order valence-electron chi connectivity index (χ1n) is 10.0. The van der Waals surface area contributed by atoms with E-state index < -0.39 is 0 Å². The SMILES string of the molecule is CCc1nnc2sc(-c3ccc(NC(=S)NC(=O)c4ccc5ccccc5c4)cc3)nn12. The summed E-state index contributed by atoms with van der Waals surface area (Å²) in [4.78, 5) is 13.4. The van der Waals surface area contributed by atoms with Crippen molar-refractivity contribution in [3.05, 3.63) is 78.1 Å². The maximum atomic E-state index is 12.6. The van der Waals surface area contributed by atoms with Gasteiger partial charge in [0, 0.05) is 23.2 Å². The zero-order valence-corrected chi connectivity index (χ0v) is 18.7. The minimum atomic E-state index is -0.253. The van der Waals surface area contributed by atoms with Crippen molar-refractivity contribution in [3.8, 4) is 10.6 Å². The Hall–Kier alpha value is -3.69. The highest BCUT2D eigenvalue weighted by Gasteiger charge is 2.12. The van der Waals surface area contributed by atoms with E-state index in [2.05, 4.69) is 25.9 Å². The number of benzene rings is 3. The molecule has 0 radical (unpaired) electrons. The van der Waals surface area contributed by atoms with Crippen LogP contribution in [0.15, 0.2) is 66.7 Å². The van der Waals surface area contributed by atoms with Crippen LogP contribution in [0, 0.1) is 0 Å². The Kier molecular flexibility index (Phi) is 5.34. The summed E-state index contributed by atoms with van der Waals surface area (Å²) in [5.41, 5.74) is 2.30. The molecule has 0 atom stereocenters. The third kappa shape index (κ3) is 3.95. The fraction of sp³-hybridized carbons (Fsp3) is 0.0870. The van der Waals surface area contributed by atoms with E-state index in [4.69, 9.17) is 12.2 Å². The van der Waals surface area contributed by atoms with E-state index in [0.717, 1.165) is 44.2 Å². The molecule has 9 heteroatoms. The average Bonchev–Trinajstić information content (AvgIpc) is 3.40. The van der Waals surface area contributed by atoms with Crippen LogP contribution in [-0.4, -0.2) is 30.8 Å². The van der Waals surface area contributed by atoms with Crippen molar-refractivity contribution in [3.63, 3.8) is 0 Å². The molecule has 0 spiro atoms. The molecule has 7 nitrogen and oxygen atoms in total. The van der Waals surface area contributed by atoms with E-state index in [9.17, 15) is 4.79 Å². The van der Waals surface area contributed by atoms with Crippen LogP contribution in [0.1, 0.15) is 23.1 Å². The van der Waals surface area contributed by atoms with Crippen LogP contribution >= 0.6 is 23.6 Å². The average molecular weight is 459 g/mol. The van der Waals surface area contributed by atoms with Gasteiger partial charge in [0.2, 0.25) is 4.96 Å². The van der Waals surface area contributed by atoms with Gasteiger partial charge in [-0.1, -0.05) is 48.6 Å². The molecule has 5 aromatic rings. The molecular formula is C23H18N6OS2. The molecule has 0 aliphatic carbocycles. The number of nitrogens with zero attached hydrogens (tertiary/aromatic N) is 4. The molecule has 0 aliphatic rings. The van der Waals surface area contributed by atoms with Crippen molar-refractivity contribution in [1.29, 1.82) is 0 Å². The van der Waals surface area contributed by atoms with Crippen molar-refractivity contribution in [2.75, 3.05) is 5.32 Å².